The van der Waals surface area contributed by atoms with Gasteiger partial charge in [-0.05, 0) is 67.3 Å². The van der Waals surface area contributed by atoms with Gasteiger partial charge in [0.05, 0.1) is 5.92 Å². The molecule has 4 N–H and O–H groups in total. The molecule has 0 radical (unpaired) electrons. The number of azo groups is 1. The Labute approximate surface area is 191 Å². The topological polar surface area (TPSA) is 132 Å². The van der Waals surface area contributed by atoms with Crippen molar-refractivity contribution in [2.45, 2.75) is 51.5 Å². The summed E-state index contributed by atoms with van der Waals surface area (Å²) in [6.07, 6.45) is 2.64. The fourth-order valence-electron chi connectivity index (χ4n) is 4.56. The molecule has 1 saturated carbocycles. The predicted octanol–water partition coefficient (Wildman–Crippen LogP) is 5.09. The standard InChI is InChI=1S/C25H27N3O5/c1-13-9-10-16(11-14(13)2)20-23(30)21(24(31)26-20)28-27-19-8-4-7-18(22(19)29)15-5-3-6-17(12-15)25(32)33/h4,7-11,15,17,20,29-30H,3,5-6,12H2,1-2H3,(H,26,31)(H,32,33). The van der Waals surface area contributed by atoms with Gasteiger partial charge >= 0.3 is 5.97 Å². The number of aliphatic carboxylic acids is 1. The van der Waals surface area contributed by atoms with Crippen molar-refractivity contribution in [3.05, 3.63) is 70.1 Å². The van der Waals surface area contributed by atoms with Gasteiger partial charge in [-0.15, -0.1) is 10.2 Å². The number of benzene rings is 2. The van der Waals surface area contributed by atoms with E-state index in [0.29, 0.717) is 18.4 Å². The molecule has 8 heteroatoms. The Kier molecular flexibility index (Phi) is 6.18. The van der Waals surface area contributed by atoms with Gasteiger partial charge in [0.25, 0.3) is 5.91 Å². The maximum absolute atomic E-state index is 12.4. The lowest BCUT2D eigenvalue weighted by molar-refractivity contribution is -0.143. The van der Waals surface area contributed by atoms with Crippen molar-refractivity contribution >= 4 is 17.6 Å². The van der Waals surface area contributed by atoms with Crippen LogP contribution in [0.3, 0.4) is 0 Å². The zero-order valence-electron chi connectivity index (χ0n) is 18.6. The third-order valence-electron chi connectivity index (χ3n) is 6.64. The number of aliphatic hydroxyl groups is 1. The number of nitrogens with zero attached hydrogens (tertiary/aromatic N) is 2. The lowest BCUT2D eigenvalue weighted by Crippen LogP contribution is -2.22. The molecule has 1 heterocycles. The van der Waals surface area contributed by atoms with Crippen molar-refractivity contribution in [3.63, 3.8) is 0 Å². The molecule has 0 saturated heterocycles. The fourth-order valence-corrected chi connectivity index (χ4v) is 4.56. The number of phenols is 1. The number of phenolic OH excluding ortho intramolecular Hbond substituents is 1. The van der Waals surface area contributed by atoms with E-state index in [-0.39, 0.29) is 28.8 Å². The average molecular weight is 450 g/mol. The zero-order valence-corrected chi connectivity index (χ0v) is 18.6. The number of rotatable bonds is 5. The highest BCUT2D eigenvalue weighted by molar-refractivity contribution is 5.96. The van der Waals surface area contributed by atoms with Crippen LogP contribution in [-0.4, -0.2) is 27.2 Å². The van der Waals surface area contributed by atoms with Crippen molar-refractivity contribution in [2.24, 2.45) is 16.1 Å². The highest BCUT2D eigenvalue weighted by atomic mass is 16.4. The van der Waals surface area contributed by atoms with Gasteiger partial charge in [-0.25, -0.2) is 0 Å². The van der Waals surface area contributed by atoms with Crippen LogP contribution in [0.4, 0.5) is 5.69 Å². The van der Waals surface area contributed by atoms with E-state index in [1.165, 1.54) is 0 Å². The van der Waals surface area contributed by atoms with Crippen LogP contribution in [0.25, 0.3) is 0 Å². The number of carbonyl (C=O) groups is 2. The number of nitrogens with one attached hydrogen (secondary N) is 1. The molecule has 4 rings (SSSR count). The SMILES string of the molecule is Cc1ccc(C2NC(=O)C(N=Nc3cccc(C4CCCC(C(=O)O)C4)c3O)=C2O)cc1C. The molecule has 2 aromatic rings. The summed E-state index contributed by atoms with van der Waals surface area (Å²) in [5.41, 5.74) is 3.47. The van der Waals surface area contributed by atoms with Crippen LogP contribution in [0.2, 0.25) is 0 Å². The predicted molar refractivity (Wildman–Crippen MR) is 121 cm³/mol. The zero-order chi connectivity index (χ0) is 23.7. The first-order valence-corrected chi connectivity index (χ1v) is 11.0. The average Bonchev–Trinajstić information content (AvgIpc) is 3.08. The molecule has 1 amide bonds. The normalized spacial score (nSPS) is 23.2. The van der Waals surface area contributed by atoms with Gasteiger partial charge in [-0.3, -0.25) is 9.59 Å². The summed E-state index contributed by atoms with van der Waals surface area (Å²) in [5, 5.41) is 41.5. The van der Waals surface area contributed by atoms with Gasteiger partial charge in [0.2, 0.25) is 0 Å². The number of hydrogen-bond acceptors (Lipinski definition) is 6. The monoisotopic (exact) mass is 449 g/mol. The Hall–Kier alpha value is -3.68. The Bertz CT molecular complexity index is 1170. The molecule has 172 valence electrons. The number of aromatic hydroxyl groups is 1. The third kappa shape index (κ3) is 4.46. The third-order valence-corrected chi connectivity index (χ3v) is 6.64. The molecule has 0 aromatic heterocycles. The maximum atomic E-state index is 12.4. The molecule has 2 aliphatic rings. The van der Waals surface area contributed by atoms with Crippen LogP contribution in [-0.2, 0) is 9.59 Å². The number of amides is 1. The van der Waals surface area contributed by atoms with Crippen molar-refractivity contribution in [3.8, 4) is 5.75 Å². The van der Waals surface area contributed by atoms with Gasteiger partial charge in [0, 0.05) is 0 Å². The van der Waals surface area contributed by atoms with E-state index in [0.717, 1.165) is 29.5 Å². The maximum Gasteiger partial charge on any atom is 0.306 e. The smallest absolute Gasteiger partial charge is 0.306 e. The largest absolute Gasteiger partial charge is 0.507 e. The van der Waals surface area contributed by atoms with Crippen molar-refractivity contribution in [2.75, 3.05) is 0 Å². The van der Waals surface area contributed by atoms with E-state index < -0.39 is 23.8 Å². The lowest BCUT2D eigenvalue weighted by atomic mass is 9.77. The number of aliphatic hydroxyl groups excluding tert-OH is 1. The summed E-state index contributed by atoms with van der Waals surface area (Å²) in [4.78, 5) is 23.8. The molecule has 1 aliphatic heterocycles. The number of carboxylic acids is 1. The number of aryl methyl sites for hydroxylation is 2. The van der Waals surface area contributed by atoms with Crippen LogP contribution in [0.1, 0.15) is 59.9 Å². The number of carboxylic acid groups (broad SMARTS) is 1. The minimum atomic E-state index is -0.817. The van der Waals surface area contributed by atoms with Crippen LogP contribution in [0, 0.1) is 19.8 Å². The molecule has 1 fully saturated rings. The van der Waals surface area contributed by atoms with E-state index in [2.05, 4.69) is 15.5 Å². The molecule has 0 spiro atoms. The Balaban J connectivity index is 1.59. The van der Waals surface area contributed by atoms with Gasteiger partial charge in [-0.1, -0.05) is 36.8 Å². The summed E-state index contributed by atoms with van der Waals surface area (Å²) in [5.74, 6) is -2.19. The van der Waals surface area contributed by atoms with E-state index >= 15 is 0 Å². The van der Waals surface area contributed by atoms with Crippen LogP contribution < -0.4 is 5.32 Å². The van der Waals surface area contributed by atoms with Crippen LogP contribution >= 0.6 is 0 Å². The second-order valence-electron chi connectivity index (χ2n) is 8.80. The first-order chi connectivity index (χ1) is 15.8. The van der Waals surface area contributed by atoms with E-state index in [1.807, 2.05) is 32.0 Å². The summed E-state index contributed by atoms with van der Waals surface area (Å²) in [6, 6.07) is 10.00. The summed E-state index contributed by atoms with van der Waals surface area (Å²) in [7, 11) is 0. The van der Waals surface area contributed by atoms with Gasteiger partial charge in [-0.2, -0.15) is 0 Å². The highest BCUT2D eigenvalue weighted by Gasteiger charge is 2.34. The molecule has 33 heavy (non-hydrogen) atoms. The van der Waals surface area contributed by atoms with E-state index in [1.54, 1.807) is 18.2 Å². The second kappa shape index (κ2) is 9.05. The highest BCUT2D eigenvalue weighted by Crippen LogP contribution is 2.43. The first-order valence-electron chi connectivity index (χ1n) is 11.0. The molecule has 2 aromatic carbocycles. The summed E-state index contributed by atoms with van der Waals surface area (Å²) >= 11 is 0. The quantitative estimate of drug-likeness (QED) is 0.472. The Morgan fingerprint density at radius 3 is 2.58 bits per heavy atom. The number of hydrogen-bond donors (Lipinski definition) is 4. The van der Waals surface area contributed by atoms with Crippen LogP contribution in [0.5, 0.6) is 5.75 Å². The molecular weight excluding hydrogens is 422 g/mol. The fraction of sp³-hybridized carbons (Fsp3) is 0.360. The van der Waals surface area contributed by atoms with Crippen LogP contribution in [0.15, 0.2) is 58.1 Å². The number of carbonyl (C=O) groups excluding carboxylic acids is 1. The van der Waals surface area contributed by atoms with Crippen molar-refractivity contribution in [1.82, 2.24) is 5.32 Å². The molecular formula is C25H27N3O5. The van der Waals surface area contributed by atoms with E-state index in [9.17, 15) is 24.9 Å². The minimum absolute atomic E-state index is 0.0820. The second-order valence-corrected chi connectivity index (χ2v) is 8.80. The van der Waals surface area contributed by atoms with Gasteiger partial charge < -0.3 is 20.6 Å². The molecule has 3 atom stereocenters. The van der Waals surface area contributed by atoms with Gasteiger partial charge in [0.15, 0.2) is 11.5 Å². The molecule has 8 nitrogen and oxygen atoms in total. The molecule has 1 aliphatic carbocycles. The lowest BCUT2D eigenvalue weighted by Gasteiger charge is -2.27. The van der Waals surface area contributed by atoms with Gasteiger partial charge in [0.1, 0.15) is 17.5 Å². The minimum Gasteiger partial charge on any atom is -0.507 e. The number of para-hydroxylation sites is 1. The summed E-state index contributed by atoms with van der Waals surface area (Å²) < 4.78 is 0. The Morgan fingerprint density at radius 1 is 1.06 bits per heavy atom. The molecule has 0 bridgehead atoms. The Morgan fingerprint density at radius 2 is 1.85 bits per heavy atom. The van der Waals surface area contributed by atoms with Crippen molar-refractivity contribution in [1.29, 1.82) is 0 Å². The first kappa shape index (κ1) is 22.5. The van der Waals surface area contributed by atoms with Crippen molar-refractivity contribution < 1.29 is 24.9 Å². The summed E-state index contributed by atoms with van der Waals surface area (Å²) in [6.45, 7) is 3.94. The molecule has 3 unspecified atom stereocenters. The van der Waals surface area contributed by atoms with E-state index in [4.69, 9.17) is 0 Å².